The normalized spacial score (nSPS) is 11.3. The summed E-state index contributed by atoms with van der Waals surface area (Å²) in [4.78, 5) is 10.2. The summed E-state index contributed by atoms with van der Waals surface area (Å²) in [6.45, 7) is 0.833. The van der Waals surface area contributed by atoms with Crippen LogP contribution >= 0.6 is 12.1 Å². The molecule has 0 saturated heterocycles. The van der Waals surface area contributed by atoms with Crippen LogP contribution in [0.3, 0.4) is 0 Å². The van der Waals surface area contributed by atoms with Crippen LogP contribution in [0.2, 0.25) is 0 Å². The third kappa shape index (κ3) is 3.91. The van der Waals surface area contributed by atoms with E-state index in [9.17, 15) is 4.79 Å². The second-order valence-corrected chi connectivity index (χ2v) is 2.15. The quantitative estimate of drug-likeness (QED) is 0.690. The monoisotopic (exact) mass is 198 g/mol. The Hall–Kier alpha value is -1.07. The number of hydrogen-bond acceptors (Lipinski definition) is 3. The molecule has 68 valence electrons. The Morgan fingerprint density at radius 2 is 2.00 bits per heavy atom. The number of carboxylic acid groups (broad SMARTS) is 1. The van der Waals surface area contributed by atoms with E-state index >= 15 is 0 Å². The van der Waals surface area contributed by atoms with Crippen LogP contribution in [0.1, 0.15) is 11.7 Å². The molecule has 5 heteroatoms. The van der Waals surface area contributed by atoms with Crippen molar-refractivity contribution in [2.24, 2.45) is 0 Å². The van der Waals surface area contributed by atoms with Crippen LogP contribution in [0.25, 0.3) is 0 Å². The third-order valence-electron chi connectivity index (χ3n) is 1.35. The Labute approximate surface area is 83.7 Å². The summed E-state index contributed by atoms with van der Waals surface area (Å²) in [6.07, 6.45) is -1.41. The molecule has 3 nitrogen and oxygen atoms in total. The SMILES string of the molecule is O=C(O)[C@H](O)c1ccccc1.[3H]B=S. The van der Waals surface area contributed by atoms with Gasteiger partial charge < -0.3 is 10.2 Å². The van der Waals surface area contributed by atoms with Crippen molar-refractivity contribution < 1.29 is 15.0 Å². The number of aliphatic hydroxyl groups is 1. The maximum atomic E-state index is 10.2. The van der Waals surface area contributed by atoms with Crippen LogP contribution in [0.15, 0.2) is 30.3 Å². The number of aliphatic carboxylic acids is 1. The van der Waals surface area contributed by atoms with Crippen LogP contribution in [0.4, 0.5) is 0 Å². The maximum absolute atomic E-state index is 10.2. The van der Waals surface area contributed by atoms with Crippen molar-refractivity contribution in [1.82, 2.24) is 0 Å². The summed E-state index contributed by atoms with van der Waals surface area (Å²) in [5.41, 5.74) is 0.403. The molecule has 0 bridgehead atoms. The second-order valence-electron chi connectivity index (χ2n) is 2.15. The standard InChI is InChI=1S/C8H8O3.BHS/c9-7(8(10)11)6-4-2-1-3-5-6;1-2/h1-5,7,9H,(H,10,11);1H/t7-;/m1./s1/i;1T. The molecule has 0 heterocycles. The van der Waals surface area contributed by atoms with E-state index in [2.05, 4.69) is 12.1 Å². The van der Waals surface area contributed by atoms with Crippen LogP contribution in [-0.2, 0) is 4.79 Å². The van der Waals surface area contributed by atoms with E-state index in [4.69, 9.17) is 11.5 Å². The summed E-state index contributed by atoms with van der Waals surface area (Å²) in [5, 5.41) is 17.4. The van der Waals surface area contributed by atoms with Crippen molar-refractivity contribution in [2.75, 3.05) is 0 Å². The second kappa shape index (κ2) is 6.45. The average Bonchev–Trinajstić information content (AvgIpc) is 2.19. The Kier molecular flexibility index (Phi) is 4.97. The van der Waals surface area contributed by atoms with Gasteiger partial charge in [-0.25, -0.2) is 4.79 Å². The summed E-state index contributed by atoms with van der Waals surface area (Å²) in [7, 11) is 0. The van der Waals surface area contributed by atoms with Gasteiger partial charge in [-0.15, -0.1) is 0 Å². The van der Waals surface area contributed by atoms with Gasteiger partial charge in [-0.2, -0.15) is 0 Å². The molecule has 1 rings (SSSR count). The first-order chi connectivity index (χ1) is 6.63. The van der Waals surface area contributed by atoms with E-state index in [1.807, 2.05) is 0 Å². The van der Waals surface area contributed by atoms with E-state index in [1.54, 1.807) is 30.3 Å². The minimum absolute atomic E-state index is 0.403. The molecule has 0 saturated carbocycles. The van der Waals surface area contributed by atoms with Gasteiger partial charge in [0.15, 0.2) is 6.10 Å². The predicted octanol–water partition coefficient (Wildman–Crippen LogP) is 0.804. The van der Waals surface area contributed by atoms with Gasteiger partial charge in [0.05, 0.1) is 0 Å². The van der Waals surface area contributed by atoms with Gasteiger partial charge in [-0.05, 0) is 5.56 Å². The molecular weight excluding hydrogens is 187 g/mol. The zero-order valence-corrected chi connectivity index (χ0v) is 7.57. The molecule has 1 aromatic carbocycles. The fourth-order valence-corrected chi connectivity index (χ4v) is 0.778. The van der Waals surface area contributed by atoms with Crippen molar-refractivity contribution in [2.45, 2.75) is 6.10 Å². The molecule has 0 fully saturated rings. The average molecular weight is 198 g/mol. The topological polar surface area (TPSA) is 57.5 Å². The molecule has 0 unspecified atom stereocenters. The van der Waals surface area contributed by atoms with E-state index < -0.39 is 12.1 Å². The van der Waals surface area contributed by atoms with Crippen molar-refractivity contribution in [1.29, 1.82) is 1.34 Å². The molecule has 0 aliphatic heterocycles. The summed E-state index contributed by atoms with van der Waals surface area (Å²) in [6, 6.07) is 8.26. The molecule has 1 aromatic rings. The number of carbonyl (C=O) groups is 1. The van der Waals surface area contributed by atoms with Crippen LogP contribution in [0, 0.1) is 0 Å². The minimum atomic E-state index is -1.41. The molecule has 0 spiro atoms. The number of carboxylic acids is 1. The summed E-state index contributed by atoms with van der Waals surface area (Å²) >= 11 is 3.94. The van der Waals surface area contributed by atoms with E-state index in [1.165, 1.54) is 0 Å². The molecule has 0 aromatic heterocycles. The predicted molar refractivity (Wildman–Crippen MR) is 53.8 cm³/mol. The van der Waals surface area contributed by atoms with Crippen molar-refractivity contribution in [3.05, 3.63) is 35.9 Å². The van der Waals surface area contributed by atoms with Crippen LogP contribution in [-0.4, -0.2) is 24.2 Å². The van der Waals surface area contributed by atoms with Gasteiger partial charge in [0.25, 0.3) is 0 Å². The van der Waals surface area contributed by atoms with Gasteiger partial charge >= 0.3 is 26.0 Å². The number of rotatable bonds is 2. The van der Waals surface area contributed by atoms with E-state index in [0.29, 0.717) is 5.56 Å². The van der Waals surface area contributed by atoms with Gasteiger partial charge in [-0.1, -0.05) is 30.3 Å². The summed E-state index contributed by atoms with van der Waals surface area (Å²) in [5.74, 6) is -1.23. The van der Waals surface area contributed by atoms with Gasteiger partial charge in [0.1, 0.15) is 0 Å². The van der Waals surface area contributed by atoms with Gasteiger partial charge in [0, 0.05) is 0 Å². The van der Waals surface area contributed by atoms with Gasteiger partial charge in [0.2, 0.25) is 0 Å². The first-order valence-electron chi connectivity index (χ1n) is 3.99. The molecule has 0 radical (unpaired) electrons. The Morgan fingerprint density at radius 1 is 1.54 bits per heavy atom. The zero-order chi connectivity index (χ0) is 11.0. The van der Waals surface area contributed by atoms with Crippen LogP contribution in [0.5, 0.6) is 0 Å². The fourth-order valence-electron chi connectivity index (χ4n) is 0.778. The molecule has 13 heavy (non-hydrogen) atoms. The van der Waals surface area contributed by atoms with Gasteiger partial charge in [-0.3, -0.25) is 0 Å². The first kappa shape index (κ1) is 10.0. The number of benzene rings is 1. The molecule has 0 amide bonds. The Bertz CT molecular complexity index is 294. The molecular formula is C8H9BO3S. The van der Waals surface area contributed by atoms with Crippen molar-refractivity contribution in [3.8, 4) is 0 Å². The molecule has 1 atom stereocenters. The molecule has 0 aliphatic rings. The number of hydrogen-bond donors (Lipinski definition) is 2. The van der Waals surface area contributed by atoms with Crippen molar-refractivity contribution in [3.63, 3.8) is 0 Å². The third-order valence-corrected chi connectivity index (χ3v) is 1.35. The van der Waals surface area contributed by atoms with Crippen molar-refractivity contribution >= 4 is 24.7 Å². The van der Waals surface area contributed by atoms with Crippen LogP contribution < -0.4 is 0 Å². The Balaban J connectivity index is 0.000000500. The first-order valence-corrected chi connectivity index (χ1v) is 3.88. The Morgan fingerprint density at radius 3 is 2.38 bits per heavy atom. The van der Waals surface area contributed by atoms with E-state index in [0.717, 1.165) is 6.69 Å². The fraction of sp³-hybridized carbons (Fsp3) is 0.125. The zero-order valence-electron chi connectivity index (χ0n) is 7.75. The molecule has 2 N–H and O–H groups in total. The van der Waals surface area contributed by atoms with E-state index in [-0.39, 0.29) is 0 Å². The molecule has 0 aliphatic carbocycles. The number of aliphatic hydroxyl groups excluding tert-OH is 1. The summed E-state index contributed by atoms with van der Waals surface area (Å²) < 4.78 is 5.90.